The molecule has 3 rings (SSSR count). The fourth-order valence-electron chi connectivity index (χ4n) is 4.03. The van der Waals surface area contributed by atoms with E-state index in [0.29, 0.717) is 6.54 Å². The Morgan fingerprint density at radius 2 is 1.59 bits per heavy atom. The van der Waals surface area contributed by atoms with Gasteiger partial charge in [-0.05, 0) is 30.4 Å². The summed E-state index contributed by atoms with van der Waals surface area (Å²) in [6.45, 7) is 5.48. The Balaban J connectivity index is 1.58. The lowest BCUT2D eigenvalue weighted by molar-refractivity contribution is -0.918. The highest BCUT2D eigenvalue weighted by Gasteiger charge is 2.18. The first-order chi connectivity index (χ1) is 14.1. The Morgan fingerprint density at radius 3 is 2.28 bits per heavy atom. The molecule has 2 aromatic rings. The average molecular weight is 395 g/mol. The van der Waals surface area contributed by atoms with Crippen molar-refractivity contribution in [2.75, 3.05) is 13.1 Å². The van der Waals surface area contributed by atoms with Crippen molar-refractivity contribution in [2.45, 2.75) is 51.7 Å². The molecule has 0 radical (unpaired) electrons. The number of carbonyl (C=O) groups is 2. The van der Waals surface area contributed by atoms with E-state index in [9.17, 15) is 9.59 Å². The second kappa shape index (κ2) is 10.8. The van der Waals surface area contributed by atoms with Crippen molar-refractivity contribution >= 4 is 11.8 Å². The third kappa shape index (κ3) is 6.71. The summed E-state index contributed by atoms with van der Waals surface area (Å²) in [5.41, 5.74) is 3.42. The number of benzene rings is 2. The summed E-state index contributed by atoms with van der Waals surface area (Å²) in [5.74, 6) is -0.200. The highest BCUT2D eigenvalue weighted by molar-refractivity contribution is 5.79. The summed E-state index contributed by atoms with van der Waals surface area (Å²) >= 11 is 0. The first kappa shape index (κ1) is 21.1. The van der Waals surface area contributed by atoms with Crippen molar-refractivity contribution in [1.82, 2.24) is 10.6 Å². The van der Waals surface area contributed by atoms with Gasteiger partial charge in [0, 0.05) is 19.0 Å². The maximum atomic E-state index is 12.6. The van der Waals surface area contributed by atoms with Crippen molar-refractivity contribution in [3.8, 4) is 0 Å². The van der Waals surface area contributed by atoms with E-state index >= 15 is 0 Å². The number of quaternary nitrogens is 1. The van der Waals surface area contributed by atoms with Crippen LogP contribution in [0.25, 0.3) is 0 Å². The summed E-state index contributed by atoms with van der Waals surface area (Å²) in [6, 6.07) is 17.7. The number of amides is 2. The van der Waals surface area contributed by atoms with Crippen molar-refractivity contribution in [1.29, 1.82) is 0 Å². The van der Waals surface area contributed by atoms with Crippen LogP contribution in [0.2, 0.25) is 0 Å². The van der Waals surface area contributed by atoms with Crippen LogP contribution in [0, 0.1) is 0 Å². The second-order valence-electron chi connectivity index (χ2n) is 7.90. The minimum absolute atomic E-state index is 0.0623. The lowest BCUT2D eigenvalue weighted by atomic mass is 10.0. The van der Waals surface area contributed by atoms with Crippen LogP contribution in [0.15, 0.2) is 54.6 Å². The third-order valence-electron chi connectivity index (χ3n) is 5.56. The molecule has 0 bridgehead atoms. The predicted octanol–water partition coefficient (Wildman–Crippen LogP) is 2.14. The second-order valence-corrected chi connectivity index (χ2v) is 7.90. The average Bonchev–Trinajstić information content (AvgIpc) is 2.74. The van der Waals surface area contributed by atoms with Crippen molar-refractivity contribution < 1.29 is 14.5 Å². The normalized spacial score (nSPS) is 15.5. The molecule has 1 heterocycles. The lowest BCUT2D eigenvalue weighted by Crippen LogP contribution is -3.11. The largest absolute Gasteiger partial charge is 0.352 e. The minimum atomic E-state index is -0.318. The number of hydrogen-bond acceptors (Lipinski definition) is 2. The number of rotatable bonds is 8. The highest BCUT2D eigenvalue weighted by Crippen LogP contribution is 2.17. The molecule has 2 amide bonds. The topological polar surface area (TPSA) is 62.6 Å². The molecular weight excluding hydrogens is 362 g/mol. The molecule has 154 valence electrons. The van der Waals surface area contributed by atoms with Gasteiger partial charge < -0.3 is 15.5 Å². The monoisotopic (exact) mass is 394 g/mol. The molecule has 29 heavy (non-hydrogen) atoms. The molecule has 1 fully saturated rings. The Morgan fingerprint density at radius 1 is 0.931 bits per heavy atom. The maximum absolute atomic E-state index is 12.6. The van der Waals surface area contributed by atoms with Crippen LogP contribution in [-0.2, 0) is 22.7 Å². The van der Waals surface area contributed by atoms with E-state index in [-0.39, 0.29) is 24.3 Å². The van der Waals surface area contributed by atoms with Gasteiger partial charge in [-0.15, -0.1) is 0 Å². The van der Waals surface area contributed by atoms with Crippen molar-refractivity contribution in [3.05, 3.63) is 71.3 Å². The van der Waals surface area contributed by atoms with Gasteiger partial charge in [-0.1, -0.05) is 54.6 Å². The number of nitrogens with one attached hydrogen (secondary N) is 3. The van der Waals surface area contributed by atoms with Crippen LogP contribution >= 0.6 is 0 Å². The first-order valence-electron chi connectivity index (χ1n) is 10.6. The van der Waals surface area contributed by atoms with Gasteiger partial charge in [0.2, 0.25) is 11.8 Å². The fraction of sp³-hybridized carbons (Fsp3) is 0.417. The molecule has 1 aliphatic heterocycles. The third-order valence-corrected chi connectivity index (χ3v) is 5.56. The summed E-state index contributed by atoms with van der Waals surface area (Å²) in [5, 5.41) is 5.94. The van der Waals surface area contributed by atoms with Gasteiger partial charge in [0.1, 0.15) is 6.54 Å². The van der Waals surface area contributed by atoms with E-state index in [0.717, 1.165) is 12.1 Å². The molecule has 1 atom stereocenters. The summed E-state index contributed by atoms with van der Waals surface area (Å²) < 4.78 is 0. The number of carbonyl (C=O) groups excluding carboxylic acids is 2. The molecule has 3 N–H and O–H groups in total. The summed E-state index contributed by atoms with van der Waals surface area (Å²) in [7, 11) is 0. The molecule has 0 unspecified atom stereocenters. The van der Waals surface area contributed by atoms with Gasteiger partial charge in [-0.25, -0.2) is 0 Å². The van der Waals surface area contributed by atoms with E-state index in [2.05, 4.69) is 28.8 Å². The van der Waals surface area contributed by atoms with Crippen LogP contribution in [0.4, 0.5) is 0 Å². The standard InChI is InChI=1S/C24H31N3O2/c1-19(28)26-23(20-10-4-2-5-11-20)16-24(29)25-17-21-12-6-7-13-22(21)18-27-14-8-3-9-15-27/h2,4-7,10-13,23H,3,8-9,14-18H2,1H3,(H,25,29)(H,26,28)/p+1/t23-/m1/s1. The molecule has 2 aromatic carbocycles. The van der Waals surface area contributed by atoms with Gasteiger partial charge >= 0.3 is 0 Å². The van der Waals surface area contributed by atoms with Gasteiger partial charge in [0.25, 0.3) is 0 Å². The van der Waals surface area contributed by atoms with Crippen molar-refractivity contribution in [3.63, 3.8) is 0 Å². The van der Waals surface area contributed by atoms with Crippen LogP contribution < -0.4 is 15.5 Å². The Labute approximate surface area is 173 Å². The van der Waals surface area contributed by atoms with Gasteiger partial charge in [-0.3, -0.25) is 9.59 Å². The molecule has 0 aliphatic carbocycles. The van der Waals surface area contributed by atoms with Gasteiger partial charge in [-0.2, -0.15) is 0 Å². The number of likely N-dealkylation sites (tertiary alicyclic amines) is 1. The zero-order chi connectivity index (χ0) is 20.5. The van der Waals surface area contributed by atoms with Crippen LogP contribution in [0.3, 0.4) is 0 Å². The highest BCUT2D eigenvalue weighted by atomic mass is 16.2. The Bertz CT molecular complexity index is 801. The molecule has 0 aromatic heterocycles. The SMILES string of the molecule is CC(=O)N[C@H](CC(=O)NCc1ccccc1C[NH+]1CCCCC1)c1ccccc1. The van der Waals surface area contributed by atoms with Gasteiger partial charge in [0.15, 0.2) is 0 Å². The van der Waals surface area contributed by atoms with E-state index in [1.165, 1.54) is 50.4 Å². The fourth-order valence-corrected chi connectivity index (χ4v) is 4.03. The minimum Gasteiger partial charge on any atom is -0.352 e. The van der Waals surface area contributed by atoms with Gasteiger partial charge in [0.05, 0.1) is 25.6 Å². The first-order valence-corrected chi connectivity index (χ1v) is 10.6. The lowest BCUT2D eigenvalue weighted by Gasteiger charge is -2.24. The van der Waals surface area contributed by atoms with Crippen LogP contribution in [0.5, 0.6) is 0 Å². The van der Waals surface area contributed by atoms with E-state index in [1.54, 1.807) is 4.90 Å². The van der Waals surface area contributed by atoms with E-state index in [4.69, 9.17) is 0 Å². The van der Waals surface area contributed by atoms with Crippen LogP contribution in [0.1, 0.15) is 55.3 Å². The predicted molar refractivity (Wildman–Crippen MR) is 114 cm³/mol. The van der Waals surface area contributed by atoms with E-state index in [1.807, 2.05) is 36.4 Å². The zero-order valence-corrected chi connectivity index (χ0v) is 17.2. The van der Waals surface area contributed by atoms with Crippen molar-refractivity contribution in [2.24, 2.45) is 0 Å². The number of piperidine rings is 1. The molecular formula is C24H32N3O2+. The zero-order valence-electron chi connectivity index (χ0n) is 17.2. The molecule has 0 saturated carbocycles. The molecule has 0 spiro atoms. The molecule has 5 nitrogen and oxygen atoms in total. The molecule has 1 aliphatic rings. The quantitative estimate of drug-likeness (QED) is 0.642. The molecule has 1 saturated heterocycles. The van der Waals surface area contributed by atoms with Crippen LogP contribution in [-0.4, -0.2) is 24.9 Å². The summed E-state index contributed by atoms with van der Waals surface area (Å²) in [6.07, 6.45) is 4.18. The Kier molecular flexibility index (Phi) is 7.82. The number of hydrogen-bond donors (Lipinski definition) is 3. The Hall–Kier alpha value is -2.66. The smallest absolute Gasteiger partial charge is 0.222 e. The molecule has 5 heteroatoms. The van der Waals surface area contributed by atoms with E-state index < -0.39 is 0 Å². The summed E-state index contributed by atoms with van der Waals surface area (Å²) in [4.78, 5) is 25.8. The maximum Gasteiger partial charge on any atom is 0.222 e.